The van der Waals surface area contributed by atoms with E-state index in [1.165, 1.54) is 48.7 Å². The molecule has 2 aliphatic carbocycles. The number of nitrogens with zero attached hydrogens (tertiary/aromatic N) is 4. The molecule has 214 valence electrons. The number of halogens is 1. The van der Waals surface area contributed by atoms with E-state index < -0.39 is 0 Å². The third-order valence-electron chi connectivity index (χ3n) is 10.3. The summed E-state index contributed by atoms with van der Waals surface area (Å²) in [5.74, 6) is 0.417. The van der Waals surface area contributed by atoms with Crippen LogP contribution in [0.2, 0.25) is 0 Å². The second kappa shape index (κ2) is 11.3. The molecule has 6 nitrogen and oxygen atoms in total. The predicted octanol–water partition coefficient (Wildman–Crippen LogP) is 4.89. The maximum absolute atomic E-state index is 14.3. The highest BCUT2D eigenvalue weighted by Gasteiger charge is 2.46. The molecule has 2 heterocycles. The van der Waals surface area contributed by atoms with Crippen LogP contribution in [0.5, 0.6) is 0 Å². The van der Waals surface area contributed by atoms with Gasteiger partial charge in [-0.3, -0.25) is 14.4 Å². The summed E-state index contributed by atoms with van der Waals surface area (Å²) in [6.07, 6.45) is 7.75. The van der Waals surface area contributed by atoms with Crippen molar-refractivity contribution in [1.29, 1.82) is 0 Å². The average Bonchev–Trinajstić information content (AvgIpc) is 3.59. The van der Waals surface area contributed by atoms with Gasteiger partial charge in [-0.2, -0.15) is 5.10 Å². The van der Waals surface area contributed by atoms with Gasteiger partial charge in [-0.25, -0.2) is 4.39 Å². The number of piperidine rings is 1. The lowest BCUT2D eigenvalue weighted by atomic mass is 9.75. The number of likely N-dealkylation sites (tertiary alicyclic amines) is 1. The summed E-state index contributed by atoms with van der Waals surface area (Å²) >= 11 is 0. The molecule has 0 radical (unpaired) electrons. The molecule has 4 atom stereocenters. The average molecular weight is 538 g/mol. The van der Waals surface area contributed by atoms with Crippen LogP contribution in [0.25, 0.3) is 0 Å². The van der Waals surface area contributed by atoms with E-state index in [1.807, 2.05) is 6.07 Å². The molecule has 2 fully saturated rings. The number of carbonyl (C=O) groups is 1. The van der Waals surface area contributed by atoms with Gasteiger partial charge in [0, 0.05) is 30.2 Å². The summed E-state index contributed by atoms with van der Waals surface area (Å²) in [5.41, 5.74) is 11.6. The monoisotopic (exact) mass is 537 g/mol. The van der Waals surface area contributed by atoms with Crippen LogP contribution >= 0.6 is 0 Å². The fraction of sp³-hybridized carbons (Fsp3) is 0.688. The fourth-order valence-corrected chi connectivity index (χ4v) is 8.38. The van der Waals surface area contributed by atoms with Crippen molar-refractivity contribution < 1.29 is 9.18 Å². The third-order valence-corrected chi connectivity index (χ3v) is 10.3. The minimum atomic E-state index is -0.287. The van der Waals surface area contributed by atoms with Gasteiger partial charge in [0.15, 0.2) is 0 Å². The van der Waals surface area contributed by atoms with Gasteiger partial charge in [-0.1, -0.05) is 32.9 Å². The van der Waals surface area contributed by atoms with E-state index in [1.54, 1.807) is 6.07 Å². The van der Waals surface area contributed by atoms with Crippen LogP contribution in [-0.2, 0) is 29.6 Å². The summed E-state index contributed by atoms with van der Waals surface area (Å²) in [7, 11) is 2.05. The maximum atomic E-state index is 14.3. The molecule has 1 aromatic carbocycles. The normalized spacial score (nSPS) is 25.6. The zero-order chi connectivity index (χ0) is 27.9. The number of fused-ring (bicyclic) bond motifs is 2. The van der Waals surface area contributed by atoms with Crippen molar-refractivity contribution in [2.75, 3.05) is 26.7 Å². The topological polar surface area (TPSA) is 67.4 Å². The number of carbonyl (C=O) groups excluding carboxylic acids is 1. The number of primary amides is 1. The SMILES string of the molecule is CCc1nn(CC)c2c1CCC21CCN(C[C@H]2C[C@H](N(C)[C@@H](C(N)=O)C(C)C)C[C@@H]2c2cccc(F)c2)CC1. The highest BCUT2D eigenvalue weighted by atomic mass is 19.1. The Bertz CT molecular complexity index is 1170. The maximum Gasteiger partial charge on any atom is 0.235 e. The van der Waals surface area contributed by atoms with Crippen LogP contribution in [0, 0.1) is 17.7 Å². The van der Waals surface area contributed by atoms with Crippen LogP contribution in [0.1, 0.15) is 88.2 Å². The van der Waals surface area contributed by atoms with E-state index in [2.05, 4.69) is 55.3 Å². The molecule has 3 aliphatic rings. The standard InChI is InChI=1S/C32H48FN5O/c1-6-28-26-11-12-32(30(26)38(7-2)35-28)13-15-37(16-14-32)20-23-18-25(36(5)29(21(3)4)31(34)39)19-27(23)22-9-8-10-24(33)17-22/h8-10,17,21,23,25,27,29H,6-7,11-16,18-20H2,1-5H3,(H2,34,39)/t23-,25+,27-,29-/m1/s1. The molecule has 39 heavy (non-hydrogen) atoms. The fourth-order valence-electron chi connectivity index (χ4n) is 8.38. The van der Waals surface area contributed by atoms with Crippen molar-refractivity contribution in [3.8, 4) is 0 Å². The Kier molecular flexibility index (Phi) is 8.21. The van der Waals surface area contributed by atoms with E-state index in [4.69, 9.17) is 10.8 Å². The van der Waals surface area contributed by atoms with E-state index in [0.29, 0.717) is 5.92 Å². The Hall–Kier alpha value is -2.25. The van der Waals surface area contributed by atoms with Crippen molar-refractivity contribution in [2.45, 2.75) is 103 Å². The summed E-state index contributed by atoms with van der Waals surface area (Å²) < 4.78 is 16.6. The minimum absolute atomic E-state index is 0.151. The minimum Gasteiger partial charge on any atom is -0.368 e. The quantitative estimate of drug-likeness (QED) is 0.495. The number of likely N-dealkylation sites (N-methyl/N-ethyl adjacent to an activating group) is 1. The van der Waals surface area contributed by atoms with Gasteiger partial charge in [0.2, 0.25) is 5.91 Å². The molecule has 1 amide bonds. The van der Waals surface area contributed by atoms with Crippen LogP contribution in [0.4, 0.5) is 4.39 Å². The van der Waals surface area contributed by atoms with Crippen LogP contribution in [0.3, 0.4) is 0 Å². The summed E-state index contributed by atoms with van der Waals surface area (Å²) in [6.45, 7) is 12.7. The predicted molar refractivity (Wildman–Crippen MR) is 154 cm³/mol. The number of nitrogens with two attached hydrogens (primary N) is 1. The summed E-state index contributed by atoms with van der Waals surface area (Å²) in [4.78, 5) is 17.2. The van der Waals surface area contributed by atoms with Crippen LogP contribution < -0.4 is 5.73 Å². The highest BCUT2D eigenvalue weighted by molar-refractivity contribution is 5.80. The third kappa shape index (κ3) is 5.29. The van der Waals surface area contributed by atoms with Gasteiger partial charge >= 0.3 is 0 Å². The molecule has 5 rings (SSSR count). The smallest absolute Gasteiger partial charge is 0.235 e. The Morgan fingerprint density at radius 2 is 1.95 bits per heavy atom. The lowest BCUT2D eigenvalue weighted by Crippen LogP contribution is -2.50. The second-order valence-corrected chi connectivity index (χ2v) is 12.8. The number of aromatic nitrogens is 2. The van der Waals surface area contributed by atoms with Crippen LogP contribution in [-0.4, -0.2) is 64.3 Å². The molecular weight excluding hydrogens is 489 g/mol. The number of benzene rings is 1. The van der Waals surface area contributed by atoms with Gasteiger partial charge in [-0.15, -0.1) is 0 Å². The Balaban J connectivity index is 1.32. The van der Waals surface area contributed by atoms with Gasteiger partial charge < -0.3 is 10.6 Å². The largest absolute Gasteiger partial charge is 0.368 e. The molecular formula is C32H48FN5O. The van der Waals surface area contributed by atoms with E-state index in [0.717, 1.165) is 51.0 Å². The molecule has 2 aromatic rings. The van der Waals surface area contributed by atoms with Gasteiger partial charge in [0.1, 0.15) is 5.82 Å². The summed E-state index contributed by atoms with van der Waals surface area (Å²) in [6, 6.07) is 7.14. The van der Waals surface area contributed by atoms with E-state index in [-0.39, 0.29) is 41.1 Å². The Labute approximate surface area is 234 Å². The van der Waals surface area contributed by atoms with E-state index >= 15 is 0 Å². The zero-order valence-corrected chi connectivity index (χ0v) is 24.6. The second-order valence-electron chi connectivity index (χ2n) is 12.8. The van der Waals surface area contributed by atoms with E-state index in [9.17, 15) is 9.18 Å². The number of aryl methyl sites for hydroxylation is 2. The molecule has 1 aliphatic heterocycles. The number of hydrogen-bond donors (Lipinski definition) is 1. The Morgan fingerprint density at radius 3 is 2.56 bits per heavy atom. The van der Waals surface area contributed by atoms with Crippen molar-refractivity contribution in [2.24, 2.45) is 17.6 Å². The molecule has 7 heteroatoms. The number of hydrogen-bond acceptors (Lipinski definition) is 4. The molecule has 1 saturated carbocycles. The van der Waals surface area contributed by atoms with Gasteiger partial charge in [0.05, 0.1) is 11.7 Å². The molecule has 1 saturated heterocycles. The molecule has 1 spiro atoms. The number of amides is 1. The first-order chi connectivity index (χ1) is 18.7. The van der Waals surface area contributed by atoms with Crippen molar-refractivity contribution in [3.63, 3.8) is 0 Å². The first-order valence-corrected chi connectivity index (χ1v) is 15.3. The molecule has 1 aromatic heterocycles. The first kappa shape index (κ1) is 28.3. The summed E-state index contributed by atoms with van der Waals surface area (Å²) in [5, 5.41) is 4.97. The lowest BCUT2D eigenvalue weighted by Gasteiger charge is -2.41. The van der Waals surface area contributed by atoms with Crippen molar-refractivity contribution in [1.82, 2.24) is 19.6 Å². The zero-order valence-electron chi connectivity index (χ0n) is 24.6. The Morgan fingerprint density at radius 1 is 1.21 bits per heavy atom. The van der Waals surface area contributed by atoms with Crippen molar-refractivity contribution in [3.05, 3.63) is 52.6 Å². The van der Waals surface area contributed by atoms with Gasteiger partial charge in [-0.05, 0) is 113 Å². The molecule has 2 N–H and O–H groups in total. The van der Waals surface area contributed by atoms with Gasteiger partial charge in [0.25, 0.3) is 0 Å². The molecule has 0 unspecified atom stereocenters. The number of rotatable bonds is 9. The van der Waals surface area contributed by atoms with Crippen LogP contribution in [0.15, 0.2) is 24.3 Å². The lowest BCUT2D eigenvalue weighted by molar-refractivity contribution is -0.125. The highest BCUT2D eigenvalue weighted by Crippen LogP contribution is 2.48. The molecule has 0 bridgehead atoms. The van der Waals surface area contributed by atoms with Crippen molar-refractivity contribution >= 4 is 5.91 Å². The first-order valence-electron chi connectivity index (χ1n) is 15.3.